The second-order valence-corrected chi connectivity index (χ2v) is 5.23. The van der Waals surface area contributed by atoms with E-state index in [-0.39, 0.29) is 0 Å². The third-order valence-corrected chi connectivity index (χ3v) is 3.54. The molecule has 2 heterocycles. The number of aryl methyl sites for hydroxylation is 2. The van der Waals surface area contributed by atoms with E-state index in [9.17, 15) is 0 Å². The van der Waals surface area contributed by atoms with Crippen molar-refractivity contribution < 1.29 is 0 Å². The highest BCUT2D eigenvalue weighted by Gasteiger charge is 2.02. The number of hydrogen-bond acceptors (Lipinski definition) is 4. The Morgan fingerprint density at radius 2 is 2.18 bits per heavy atom. The molecule has 0 aliphatic carbocycles. The molecule has 3 nitrogen and oxygen atoms in total. The summed E-state index contributed by atoms with van der Waals surface area (Å²) in [6, 6.07) is 4.13. The van der Waals surface area contributed by atoms with Gasteiger partial charge in [-0.1, -0.05) is 13.0 Å². The second kappa shape index (κ2) is 5.89. The van der Waals surface area contributed by atoms with E-state index in [0.29, 0.717) is 0 Å². The van der Waals surface area contributed by atoms with Gasteiger partial charge in [-0.3, -0.25) is 4.98 Å². The summed E-state index contributed by atoms with van der Waals surface area (Å²) in [7, 11) is 0. The topological polar surface area (TPSA) is 37.8 Å². The monoisotopic (exact) mass is 247 g/mol. The third kappa shape index (κ3) is 3.35. The first-order valence-electron chi connectivity index (χ1n) is 5.84. The molecule has 0 atom stereocenters. The van der Waals surface area contributed by atoms with Crippen molar-refractivity contribution >= 4 is 11.3 Å². The van der Waals surface area contributed by atoms with Crippen LogP contribution in [0.4, 0.5) is 0 Å². The van der Waals surface area contributed by atoms with Gasteiger partial charge in [0.05, 0.1) is 10.7 Å². The number of nitrogens with one attached hydrogen (secondary N) is 1. The molecule has 0 saturated carbocycles. The summed E-state index contributed by atoms with van der Waals surface area (Å²) < 4.78 is 0. The first-order valence-corrected chi connectivity index (χ1v) is 6.66. The Labute approximate surface area is 106 Å². The van der Waals surface area contributed by atoms with Crippen molar-refractivity contribution in [1.82, 2.24) is 15.3 Å². The van der Waals surface area contributed by atoms with Crippen molar-refractivity contribution in [3.05, 3.63) is 45.7 Å². The summed E-state index contributed by atoms with van der Waals surface area (Å²) in [5.41, 5.74) is 2.47. The molecule has 0 bridgehead atoms. The zero-order chi connectivity index (χ0) is 12.1. The molecule has 90 valence electrons. The van der Waals surface area contributed by atoms with Crippen molar-refractivity contribution in [3.63, 3.8) is 0 Å². The summed E-state index contributed by atoms with van der Waals surface area (Å²) in [5, 5.41) is 4.53. The van der Waals surface area contributed by atoms with Gasteiger partial charge in [0.1, 0.15) is 0 Å². The molecule has 0 saturated heterocycles. The smallest absolute Gasteiger partial charge is 0.0897 e. The van der Waals surface area contributed by atoms with Gasteiger partial charge in [-0.15, -0.1) is 11.3 Å². The van der Waals surface area contributed by atoms with E-state index in [0.717, 1.165) is 30.2 Å². The Kier molecular flexibility index (Phi) is 4.23. The van der Waals surface area contributed by atoms with Crippen LogP contribution in [0.1, 0.15) is 28.1 Å². The van der Waals surface area contributed by atoms with Crippen LogP contribution in [-0.4, -0.2) is 9.97 Å². The molecule has 0 radical (unpaired) electrons. The minimum absolute atomic E-state index is 0.820. The van der Waals surface area contributed by atoms with Gasteiger partial charge in [-0.05, 0) is 25.0 Å². The van der Waals surface area contributed by atoms with E-state index >= 15 is 0 Å². The van der Waals surface area contributed by atoms with Crippen LogP contribution in [-0.2, 0) is 19.5 Å². The van der Waals surface area contributed by atoms with Crippen LogP contribution in [0.3, 0.4) is 0 Å². The predicted octanol–water partition coefficient (Wildman–Crippen LogP) is 2.70. The molecule has 0 aliphatic rings. The molecule has 0 fully saturated rings. The normalized spacial score (nSPS) is 10.7. The molecule has 17 heavy (non-hydrogen) atoms. The fourth-order valence-corrected chi connectivity index (χ4v) is 2.51. The first kappa shape index (κ1) is 12.2. The lowest BCUT2D eigenvalue weighted by atomic mass is 10.1. The van der Waals surface area contributed by atoms with Crippen LogP contribution in [0.2, 0.25) is 0 Å². The number of nitrogens with zero attached hydrogens (tertiary/aromatic N) is 2. The minimum atomic E-state index is 0.820. The quantitative estimate of drug-likeness (QED) is 0.882. The standard InChI is InChI=1S/C13H17N3S/c1-3-11-5-4-6-15-13(11)9-14-7-12-8-16-10(2)17-12/h4-6,8,14H,3,7,9H2,1-2H3. The van der Waals surface area contributed by atoms with Gasteiger partial charge in [0.15, 0.2) is 0 Å². The van der Waals surface area contributed by atoms with Crippen LogP contribution in [0, 0.1) is 6.92 Å². The Hall–Kier alpha value is -1.26. The van der Waals surface area contributed by atoms with E-state index in [4.69, 9.17) is 0 Å². The van der Waals surface area contributed by atoms with E-state index < -0.39 is 0 Å². The lowest BCUT2D eigenvalue weighted by Crippen LogP contribution is -2.14. The molecule has 1 N–H and O–H groups in total. The van der Waals surface area contributed by atoms with Crippen molar-refractivity contribution in [1.29, 1.82) is 0 Å². The first-order chi connectivity index (χ1) is 8.29. The highest BCUT2D eigenvalue weighted by molar-refractivity contribution is 7.11. The molecular formula is C13H17N3S. The maximum absolute atomic E-state index is 4.41. The lowest BCUT2D eigenvalue weighted by molar-refractivity contribution is 0.679. The lowest BCUT2D eigenvalue weighted by Gasteiger charge is -2.06. The summed E-state index contributed by atoms with van der Waals surface area (Å²) in [4.78, 5) is 9.92. The highest BCUT2D eigenvalue weighted by Crippen LogP contribution is 2.11. The van der Waals surface area contributed by atoms with Gasteiger partial charge in [0, 0.05) is 30.4 Å². The van der Waals surface area contributed by atoms with Gasteiger partial charge in [0.25, 0.3) is 0 Å². The van der Waals surface area contributed by atoms with Crippen LogP contribution >= 0.6 is 11.3 Å². The molecule has 0 aliphatic heterocycles. The van der Waals surface area contributed by atoms with E-state index in [1.165, 1.54) is 10.4 Å². The fraction of sp³-hybridized carbons (Fsp3) is 0.385. The summed E-state index contributed by atoms with van der Waals surface area (Å²) in [5.74, 6) is 0. The molecule has 2 aromatic rings. The Morgan fingerprint density at radius 3 is 2.88 bits per heavy atom. The SMILES string of the molecule is CCc1cccnc1CNCc1cnc(C)s1. The molecule has 2 rings (SSSR count). The minimum Gasteiger partial charge on any atom is -0.306 e. The average molecular weight is 247 g/mol. The average Bonchev–Trinajstić information content (AvgIpc) is 2.76. The molecule has 2 aromatic heterocycles. The maximum atomic E-state index is 4.41. The van der Waals surface area contributed by atoms with E-state index in [2.05, 4.69) is 28.3 Å². The molecule has 0 amide bonds. The molecule has 0 aromatic carbocycles. The van der Waals surface area contributed by atoms with Crippen molar-refractivity contribution in [3.8, 4) is 0 Å². The van der Waals surface area contributed by atoms with Gasteiger partial charge >= 0.3 is 0 Å². The third-order valence-electron chi connectivity index (χ3n) is 2.63. The van der Waals surface area contributed by atoms with Crippen molar-refractivity contribution in [2.75, 3.05) is 0 Å². The predicted molar refractivity (Wildman–Crippen MR) is 71.0 cm³/mol. The molecule has 0 unspecified atom stereocenters. The van der Waals surface area contributed by atoms with Gasteiger partial charge < -0.3 is 5.32 Å². The van der Waals surface area contributed by atoms with Gasteiger partial charge in [0.2, 0.25) is 0 Å². The second-order valence-electron chi connectivity index (χ2n) is 3.91. The van der Waals surface area contributed by atoms with Gasteiger partial charge in [-0.2, -0.15) is 0 Å². The molecule has 4 heteroatoms. The van der Waals surface area contributed by atoms with Crippen LogP contribution in [0.25, 0.3) is 0 Å². The van der Waals surface area contributed by atoms with Crippen LogP contribution < -0.4 is 5.32 Å². The van der Waals surface area contributed by atoms with Crippen LogP contribution in [0.15, 0.2) is 24.5 Å². The molecular weight excluding hydrogens is 230 g/mol. The Morgan fingerprint density at radius 1 is 1.29 bits per heavy atom. The number of thiazole rings is 1. The van der Waals surface area contributed by atoms with Crippen LogP contribution in [0.5, 0.6) is 0 Å². The highest BCUT2D eigenvalue weighted by atomic mass is 32.1. The maximum Gasteiger partial charge on any atom is 0.0897 e. The molecule has 0 spiro atoms. The number of pyridine rings is 1. The largest absolute Gasteiger partial charge is 0.306 e. The summed E-state index contributed by atoms with van der Waals surface area (Å²) in [6.07, 6.45) is 4.82. The Bertz CT molecular complexity index is 479. The summed E-state index contributed by atoms with van der Waals surface area (Å²) in [6.45, 7) is 5.88. The van der Waals surface area contributed by atoms with E-state index in [1.807, 2.05) is 25.4 Å². The van der Waals surface area contributed by atoms with E-state index in [1.54, 1.807) is 11.3 Å². The van der Waals surface area contributed by atoms with Gasteiger partial charge in [-0.25, -0.2) is 4.98 Å². The number of aromatic nitrogens is 2. The van der Waals surface area contributed by atoms with Crippen molar-refractivity contribution in [2.45, 2.75) is 33.4 Å². The zero-order valence-corrected chi connectivity index (χ0v) is 11.0. The number of rotatable bonds is 5. The van der Waals surface area contributed by atoms with Crippen molar-refractivity contribution in [2.24, 2.45) is 0 Å². The zero-order valence-electron chi connectivity index (χ0n) is 10.2. The Balaban J connectivity index is 1.89. The number of hydrogen-bond donors (Lipinski definition) is 1. The summed E-state index contributed by atoms with van der Waals surface area (Å²) >= 11 is 1.74. The fourth-order valence-electron chi connectivity index (χ4n) is 1.74.